The number of aliphatic hydroxyl groups is 1. The Morgan fingerprint density at radius 3 is 2.69 bits per heavy atom. The zero-order valence-corrected chi connectivity index (χ0v) is 26.9. The van der Waals surface area contributed by atoms with Crippen molar-refractivity contribution in [3.05, 3.63) is 29.8 Å². The van der Waals surface area contributed by atoms with E-state index in [9.17, 15) is 19.5 Å². The SMILES string of the molecule is CC(=O)NCc1cccc(SCC(=O)O[C@@H]2C[C@](C)(CNCCCN)[C@@H](O)[C@H](C)[C@]34CCC(=O)[C@H]3[C@@]2(C)[C@H](C)CC4)c1. The molecule has 42 heavy (non-hydrogen) atoms. The van der Waals surface area contributed by atoms with E-state index >= 15 is 0 Å². The number of amides is 1. The zero-order valence-electron chi connectivity index (χ0n) is 26.0. The lowest BCUT2D eigenvalue weighted by Crippen LogP contribution is -2.64. The fourth-order valence-corrected chi connectivity index (χ4v) is 9.20. The number of carbonyl (C=O) groups excluding carboxylic acids is 3. The van der Waals surface area contributed by atoms with Crippen LogP contribution < -0.4 is 16.4 Å². The summed E-state index contributed by atoms with van der Waals surface area (Å²) in [6.07, 6.45) is 3.38. The van der Waals surface area contributed by atoms with E-state index in [0.29, 0.717) is 32.5 Å². The Bertz CT molecular complexity index is 1150. The maximum atomic E-state index is 13.7. The van der Waals surface area contributed by atoms with Crippen LogP contribution in [0.2, 0.25) is 0 Å². The van der Waals surface area contributed by atoms with Gasteiger partial charge in [0.1, 0.15) is 11.9 Å². The summed E-state index contributed by atoms with van der Waals surface area (Å²) < 4.78 is 6.45. The summed E-state index contributed by atoms with van der Waals surface area (Å²) in [6, 6.07) is 7.78. The number of benzene rings is 1. The van der Waals surface area contributed by atoms with Crippen molar-refractivity contribution in [1.82, 2.24) is 10.6 Å². The third kappa shape index (κ3) is 6.44. The first-order chi connectivity index (χ1) is 19.9. The van der Waals surface area contributed by atoms with Gasteiger partial charge in [-0.2, -0.15) is 0 Å². The number of ketones is 1. The predicted octanol–water partition coefficient (Wildman–Crippen LogP) is 4.07. The summed E-state index contributed by atoms with van der Waals surface area (Å²) >= 11 is 1.41. The number of nitrogens with two attached hydrogens (primary N) is 1. The molecule has 0 radical (unpaired) electrons. The number of hydrogen-bond acceptors (Lipinski definition) is 8. The van der Waals surface area contributed by atoms with Crippen molar-refractivity contribution in [1.29, 1.82) is 0 Å². The molecule has 0 heterocycles. The number of nitrogens with one attached hydrogen (secondary N) is 2. The molecule has 9 heteroatoms. The molecule has 5 N–H and O–H groups in total. The van der Waals surface area contributed by atoms with Crippen molar-refractivity contribution in [2.24, 2.45) is 39.7 Å². The van der Waals surface area contributed by atoms with Crippen molar-refractivity contribution < 1.29 is 24.2 Å². The molecule has 3 aliphatic rings. The average Bonchev–Trinajstić information content (AvgIpc) is 3.32. The van der Waals surface area contributed by atoms with E-state index in [-0.39, 0.29) is 46.6 Å². The summed E-state index contributed by atoms with van der Waals surface area (Å²) in [5, 5.41) is 18.3. The van der Waals surface area contributed by atoms with Crippen molar-refractivity contribution in [3.63, 3.8) is 0 Å². The van der Waals surface area contributed by atoms with Gasteiger partial charge >= 0.3 is 5.97 Å². The molecule has 0 aromatic heterocycles. The first-order valence-electron chi connectivity index (χ1n) is 15.6. The van der Waals surface area contributed by atoms with Gasteiger partial charge in [0.2, 0.25) is 5.91 Å². The number of rotatable bonds is 11. The minimum Gasteiger partial charge on any atom is -0.461 e. The van der Waals surface area contributed by atoms with Gasteiger partial charge in [-0.15, -0.1) is 11.8 Å². The first kappa shape index (κ1) is 33.0. The van der Waals surface area contributed by atoms with Gasteiger partial charge < -0.3 is 26.2 Å². The number of Topliss-reactive ketones (excluding diaryl/α,β-unsaturated/α-hetero) is 1. The van der Waals surface area contributed by atoms with E-state index in [1.54, 1.807) is 0 Å². The number of aliphatic hydroxyl groups excluding tert-OH is 1. The van der Waals surface area contributed by atoms with Gasteiger partial charge in [-0.1, -0.05) is 39.8 Å². The minimum absolute atomic E-state index is 0.0425. The van der Waals surface area contributed by atoms with Crippen LogP contribution in [0.1, 0.15) is 78.7 Å². The molecule has 8 atom stereocenters. The molecule has 2 bridgehead atoms. The van der Waals surface area contributed by atoms with E-state index in [1.807, 2.05) is 24.3 Å². The molecule has 0 aliphatic heterocycles. The second kappa shape index (κ2) is 13.4. The molecule has 4 rings (SSSR count). The van der Waals surface area contributed by atoms with Gasteiger partial charge in [0.15, 0.2) is 0 Å². The van der Waals surface area contributed by atoms with Gasteiger partial charge in [-0.05, 0) is 80.1 Å². The summed E-state index contributed by atoms with van der Waals surface area (Å²) in [4.78, 5) is 39.5. The highest BCUT2D eigenvalue weighted by Crippen LogP contribution is 2.67. The summed E-state index contributed by atoms with van der Waals surface area (Å²) in [6.45, 7) is 12.5. The van der Waals surface area contributed by atoms with Crippen LogP contribution in [0.4, 0.5) is 0 Å². The van der Waals surface area contributed by atoms with Crippen LogP contribution in [0.25, 0.3) is 0 Å². The lowest BCUT2D eigenvalue weighted by molar-refractivity contribution is -0.210. The highest BCUT2D eigenvalue weighted by atomic mass is 32.2. The van der Waals surface area contributed by atoms with E-state index in [4.69, 9.17) is 10.5 Å². The number of esters is 1. The quantitative estimate of drug-likeness (QED) is 0.170. The highest BCUT2D eigenvalue weighted by Gasteiger charge is 2.68. The van der Waals surface area contributed by atoms with E-state index in [0.717, 1.165) is 42.7 Å². The Morgan fingerprint density at radius 2 is 1.98 bits per heavy atom. The molecule has 8 nitrogen and oxygen atoms in total. The van der Waals surface area contributed by atoms with Gasteiger partial charge in [-0.25, -0.2) is 0 Å². The first-order valence-corrected chi connectivity index (χ1v) is 16.6. The Morgan fingerprint density at radius 1 is 1.21 bits per heavy atom. The maximum Gasteiger partial charge on any atom is 0.316 e. The zero-order chi connectivity index (χ0) is 30.7. The minimum atomic E-state index is -0.642. The number of hydrogen-bond donors (Lipinski definition) is 4. The Labute approximate surface area is 255 Å². The van der Waals surface area contributed by atoms with Crippen LogP contribution >= 0.6 is 11.8 Å². The number of carbonyl (C=O) groups is 3. The molecule has 1 aromatic rings. The molecular formula is C33H51N3O5S. The molecule has 234 valence electrons. The normalized spacial score (nSPS) is 36.1. The number of thioether (sulfide) groups is 1. The Balaban J connectivity index is 1.60. The van der Waals surface area contributed by atoms with E-state index in [1.165, 1.54) is 18.7 Å². The number of ether oxygens (including phenoxy) is 1. The lowest BCUT2D eigenvalue weighted by atomic mass is 9.44. The molecule has 1 aromatic carbocycles. The van der Waals surface area contributed by atoms with Crippen LogP contribution in [0.3, 0.4) is 0 Å². The molecule has 0 saturated heterocycles. The van der Waals surface area contributed by atoms with Crippen molar-refractivity contribution in [3.8, 4) is 0 Å². The summed E-state index contributed by atoms with van der Waals surface area (Å²) in [5.74, 6) is -0.0765. The van der Waals surface area contributed by atoms with Crippen LogP contribution in [-0.2, 0) is 25.7 Å². The second-order valence-corrected chi connectivity index (χ2v) is 14.7. The standard InChI is InChI=1S/C33H51N3O5S/c1-21-10-12-33-13-11-26(38)29(33)32(21,5)27(17-31(4,30(40)22(33)2)20-35-15-7-14-34)41-28(39)19-42-25-9-6-8-24(16-25)18-36-23(3)37/h6,8-9,16,21-22,27,29-30,35,40H,7,10-15,17-20,34H2,1-5H3,(H,36,37)/t21-,22+,27-,29+,30+,31-,32+,33+/m1/s1. The average molecular weight is 602 g/mol. The van der Waals surface area contributed by atoms with E-state index in [2.05, 4.69) is 38.3 Å². The van der Waals surface area contributed by atoms with Crippen LogP contribution in [0.15, 0.2) is 29.2 Å². The maximum absolute atomic E-state index is 13.7. The Hall–Kier alpha value is -1.94. The summed E-state index contributed by atoms with van der Waals surface area (Å²) in [5.41, 5.74) is 5.34. The molecule has 0 spiro atoms. The van der Waals surface area contributed by atoms with Gasteiger partial charge in [0.25, 0.3) is 0 Å². The lowest BCUT2D eigenvalue weighted by Gasteiger charge is -2.62. The van der Waals surface area contributed by atoms with Gasteiger partial charge in [0, 0.05) is 48.1 Å². The molecule has 1 amide bonds. The van der Waals surface area contributed by atoms with E-state index < -0.39 is 23.0 Å². The Kier molecular flexibility index (Phi) is 10.5. The van der Waals surface area contributed by atoms with Crippen LogP contribution in [-0.4, -0.2) is 60.4 Å². The van der Waals surface area contributed by atoms with Crippen LogP contribution in [0, 0.1) is 34.0 Å². The molecular weight excluding hydrogens is 550 g/mol. The fourth-order valence-electron chi connectivity index (χ4n) is 8.44. The van der Waals surface area contributed by atoms with Crippen molar-refractivity contribution in [2.75, 3.05) is 25.4 Å². The molecule has 0 unspecified atom stereocenters. The monoisotopic (exact) mass is 601 g/mol. The largest absolute Gasteiger partial charge is 0.461 e. The topological polar surface area (TPSA) is 131 Å². The van der Waals surface area contributed by atoms with Crippen LogP contribution in [0.5, 0.6) is 0 Å². The smallest absolute Gasteiger partial charge is 0.316 e. The highest BCUT2D eigenvalue weighted by molar-refractivity contribution is 8.00. The second-order valence-electron chi connectivity index (χ2n) is 13.7. The van der Waals surface area contributed by atoms with Crippen molar-refractivity contribution >= 4 is 29.4 Å². The third-order valence-corrected chi connectivity index (χ3v) is 12.0. The molecule has 3 saturated carbocycles. The molecule has 3 aliphatic carbocycles. The predicted molar refractivity (Wildman–Crippen MR) is 166 cm³/mol. The third-order valence-electron chi connectivity index (χ3n) is 11.1. The fraction of sp³-hybridized carbons (Fsp3) is 0.727. The van der Waals surface area contributed by atoms with Crippen molar-refractivity contribution in [2.45, 2.75) is 96.8 Å². The summed E-state index contributed by atoms with van der Waals surface area (Å²) in [7, 11) is 0. The van der Waals surface area contributed by atoms with Gasteiger partial charge in [0.05, 0.1) is 11.9 Å². The molecule has 3 fully saturated rings. The van der Waals surface area contributed by atoms with Gasteiger partial charge in [-0.3, -0.25) is 14.4 Å².